The van der Waals surface area contributed by atoms with Crippen molar-refractivity contribution in [2.45, 2.75) is 46.6 Å². The highest BCUT2D eigenvalue weighted by atomic mass is 15.1. The van der Waals surface area contributed by atoms with Crippen molar-refractivity contribution in [2.24, 2.45) is 22.1 Å². The Hall–Kier alpha value is -0.730. The molecule has 3 nitrogen and oxygen atoms in total. The first kappa shape index (κ1) is 11.3. The van der Waals surface area contributed by atoms with E-state index in [1.807, 2.05) is 0 Å². The maximum atomic E-state index is 5.76. The summed E-state index contributed by atoms with van der Waals surface area (Å²) in [6, 6.07) is 0.543. The third-order valence-electron chi connectivity index (χ3n) is 2.58. The zero-order valence-electron chi connectivity index (χ0n) is 9.80. The molecule has 0 aliphatic heterocycles. The van der Waals surface area contributed by atoms with Crippen LogP contribution >= 0.6 is 0 Å². The molecule has 0 spiro atoms. The summed E-state index contributed by atoms with van der Waals surface area (Å²) in [6.45, 7) is 9.67. The van der Waals surface area contributed by atoms with Crippen molar-refractivity contribution in [3.63, 3.8) is 0 Å². The van der Waals surface area contributed by atoms with E-state index < -0.39 is 0 Å². The van der Waals surface area contributed by atoms with Gasteiger partial charge in [0, 0.05) is 12.6 Å². The largest absolute Gasteiger partial charge is 0.370 e. The molecule has 1 aliphatic carbocycles. The molecule has 0 radical (unpaired) electrons. The van der Waals surface area contributed by atoms with Crippen molar-refractivity contribution < 1.29 is 0 Å². The van der Waals surface area contributed by atoms with E-state index in [1.54, 1.807) is 0 Å². The molecule has 0 atom stereocenters. The highest BCUT2D eigenvalue weighted by Gasteiger charge is 2.36. The zero-order chi connectivity index (χ0) is 10.8. The van der Waals surface area contributed by atoms with Crippen molar-refractivity contribution in [1.82, 2.24) is 5.32 Å². The van der Waals surface area contributed by atoms with Crippen LogP contribution in [0.5, 0.6) is 0 Å². The Balaban J connectivity index is 2.22. The average molecular weight is 197 g/mol. The van der Waals surface area contributed by atoms with Crippen molar-refractivity contribution in [1.29, 1.82) is 0 Å². The van der Waals surface area contributed by atoms with Gasteiger partial charge >= 0.3 is 0 Å². The van der Waals surface area contributed by atoms with Gasteiger partial charge in [-0.15, -0.1) is 0 Å². The van der Waals surface area contributed by atoms with Crippen LogP contribution in [0.25, 0.3) is 0 Å². The zero-order valence-corrected chi connectivity index (χ0v) is 9.80. The summed E-state index contributed by atoms with van der Waals surface area (Å²) in [5.41, 5.74) is 6.26. The molecule has 3 heteroatoms. The number of hydrogen-bond donors (Lipinski definition) is 2. The molecule has 0 saturated heterocycles. The lowest BCUT2D eigenvalue weighted by Gasteiger charge is -2.43. The van der Waals surface area contributed by atoms with Crippen LogP contribution < -0.4 is 11.1 Å². The molecule has 3 N–H and O–H groups in total. The number of nitrogens with one attached hydrogen (secondary N) is 1. The smallest absolute Gasteiger partial charge is 0.188 e. The van der Waals surface area contributed by atoms with Gasteiger partial charge in [-0.2, -0.15) is 0 Å². The third-order valence-corrected chi connectivity index (χ3v) is 2.58. The van der Waals surface area contributed by atoms with E-state index in [2.05, 4.69) is 38.0 Å². The Morgan fingerprint density at radius 2 is 2.07 bits per heavy atom. The molecule has 0 heterocycles. The SMILES string of the molecule is CC(C)CN=C(N)NC1CC(C)(C)C1. The van der Waals surface area contributed by atoms with Gasteiger partial charge in [-0.25, -0.2) is 0 Å². The van der Waals surface area contributed by atoms with Gasteiger partial charge < -0.3 is 11.1 Å². The monoisotopic (exact) mass is 197 g/mol. The number of rotatable bonds is 3. The average Bonchev–Trinajstić information content (AvgIpc) is 1.97. The van der Waals surface area contributed by atoms with Gasteiger partial charge in [0.1, 0.15) is 0 Å². The van der Waals surface area contributed by atoms with Crippen molar-refractivity contribution >= 4 is 5.96 Å². The van der Waals surface area contributed by atoms with E-state index in [0.29, 0.717) is 23.3 Å². The van der Waals surface area contributed by atoms with Crippen LogP contribution in [0.3, 0.4) is 0 Å². The summed E-state index contributed by atoms with van der Waals surface area (Å²) in [6.07, 6.45) is 2.40. The number of nitrogens with zero attached hydrogens (tertiary/aromatic N) is 1. The second kappa shape index (κ2) is 4.20. The van der Waals surface area contributed by atoms with Crippen LogP contribution in [0.1, 0.15) is 40.5 Å². The second-order valence-electron chi connectivity index (χ2n) is 5.53. The van der Waals surface area contributed by atoms with Crippen LogP contribution in [0.4, 0.5) is 0 Å². The highest BCUT2D eigenvalue weighted by Crippen LogP contribution is 2.39. The maximum Gasteiger partial charge on any atom is 0.188 e. The van der Waals surface area contributed by atoms with Gasteiger partial charge in [-0.1, -0.05) is 27.7 Å². The molecule has 1 rings (SSSR count). The van der Waals surface area contributed by atoms with Gasteiger partial charge in [0.25, 0.3) is 0 Å². The lowest BCUT2D eigenvalue weighted by atomic mass is 9.68. The van der Waals surface area contributed by atoms with E-state index in [4.69, 9.17) is 5.73 Å². The van der Waals surface area contributed by atoms with E-state index >= 15 is 0 Å². The molecule has 0 aromatic carbocycles. The Kier molecular flexibility index (Phi) is 3.40. The topological polar surface area (TPSA) is 50.4 Å². The summed E-state index contributed by atoms with van der Waals surface area (Å²) in [5, 5.41) is 3.26. The lowest BCUT2D eigenvalue weighted by Crippen LogP contribution is -2.50. The fourth-order valence-electron chi connectivity index (χ4n) is 1.91. The summed E-state index contributed by atoms with van der Waals surface area (Å²) >= 11 is 0. The van der Waals surface area contributed by atoms with Gasteiger partial charge in [0.05, 0.1) is 0 Å². The van der Waals surface area contributed by atoms with Gasteiger partial charge in [0.15, 0.2) is 5.96 Å². The molecule has 1 aliphatic rings. The fraction of sp³-hybridized carbons (Fsp3) is 0.909. The van der Waals surface area contributed by atoms with Crippen molar-refractivity contribution in [2.75, 3.05) is 6.54 Å². The minimum Gasteiger partial charge on any atom is -0.370 e. The second-order valence-corrected chi connectivity index (χ2v) is 5.53. The van der Waals surface area contributed by atoms with Gasteiger partial charge in [-0.3, -0.25) is 4.99 Å². The Morgan fingerprint density at radius 1 is 1.50 bits per heavy atom. The lowest BCUT2D eigenvalue weighted by molar-refractivity contribution is 0.140. The molecule has 0 aromatic rings. The number of nitrogens with two attached hydrogens (primary N) is 1. The molecule has 1 fully saturated rings. The third kappa shape index (κ3) is 3.56. The van der Waals surface area contributed by atoms with Crippen LogP contribution in [0.15, 0.2) is 4.99 Å². The van der Waals surface area contributed by atoms with Crippen LogP contribution in [-0.2, 0) is 0 Å². The molecule has 0 amide bonds. The molecule has 0 aromatic heterocycles. The number of guanidine groups is 1. The minimum atomic E-state index is 0.496. The predicted octanol–water partition coefficient (Wildman–Crippen LogP) is 1.74. The van der Waals surface area contributed by atoms with Gasteiger partial charge in [-0.05, 0) is 24.2 Å². The Morgan fingerprint density at radius 3 is 2.50 bits per heavy atom. The summed E-state index contributed by atoms with van der Waals surface area (Å²) in [5.74, 6) is 1.19. The molecule has 1 saturated carbocycles. The Labute approximate surface area is 87.2 Å². The molecule has 0 unspecified atom stereocenters. The minimum absolute atomic E-state index is 0.496. The first-order valence-electron chi connectivity index (χ1n) is 5.45. The quantitative estimate of drug-likeness (QED) is 0.535. The summed E-state index contributed by atoms with van der Waals surface area (Å²) in [7, 11) is 0. The van der Waals surface area contributed by atoms with E-state index in [1.165, 1.54) is 12.8 Å². The van der Waals surface area contributed by atoms with E-state index in [-0.39, 0.29) is 0 Å². The van der Waals surface area contributed by atoms with Crippen LogP contribution in [-0.4, -0.2) is 18.5 Å². The molecule has 14 heavy (non-hydrogen) atoms. The molecule has 82 valence electrons. The predicted molar refractivity (Wildman–Crippen MR) is 61.3 cm³/mol. The molecule has 0 bridgehead atoms. The Bertz CT molecular complexity index is 211. The normalized spacial score (nSPS) is 22.2. The van der Waals surface area contributed by atoms with E-state index in [0.717, 1.165) is 6.54 Å². The standard InChI is InChI=1S/C11H23N3/c1-8(2)7-13-10(12)14-9-5-11(3,4)6-9/h8-9H,5-7H2,1-4H3,(H3,12,13,14). The van der Waals surface area contributed by atoms with Gasteiger partial charge in [0.2, 0.25) is 0 Å². The first-order valence-corrected chi connectivity index (χ1v) is 5.45. The highest BCUT2D eigenvalue weighted by molar-refractivity contribution is 5.78. The number of hydrogen-bond acceptors (Lipinski definition) is 1. The summed E-state index contributed by atoms with van der Waals surface area (Å²) in [4.78, 5) is 4.28. The van der Waals surface area contributed by atoms with Crippen LogP contribution in [0, 0.1) is 11.3 Å². The molecular weight excluding hydrogens is 174 g/mol. The number of aliphatic imine (C=N–C) groups is 1. The van der Waals surface area contributed by atoms with Crippen molar-refractivity contribution in [3.8, 4) is 0 Å². The van der Waals surface area contributed by atoms with E-state index in [9.17, 15) is 0 Å². The summed E-state index contributed by atoms with van der Waals surface area (Å²) < 4.78 is 0. The maximum absolute atomic E-state index is 5.76. The first-order chi connectivity index (χ1) is 6.39. The molecular formula is C11H23N3. The van der Waals surface area contributed by atoms with Crippen LogP contribution in [0.2, 0.25) is 0 Å². The van der Waals surface area contributed by atoms with Crippen molar-refractivity contribution in [3.05, 3.63) is 0 Å². The fourth-order valence-corrected chi connectivity index (χ4v) is 1.91.